The van der Waals surface area contributed by atoms with E-state index in [0.717, 1.165) is 23.9 Å². The number of rotatable bonds is 8. The number of carbonyl (C=O) groups excluding carboxylic acids is 1. The van der Waals surface area contributed by atoms with E-state index in [0.29, 0.717) is 24.3 Å². The molecule has 0 atom stereocenters. The Labute approximate surface area is 189 Å². The van der Waals surface area contributed by atoms with E-state index in [-0.39, 0.29) is 17.3 Å². The number of nitrogens with one attached hydrogen (secondary N) is 2. The van der Waals surface area contributed by atoms with Crippen molar-refractivity contribution in [1.82, 2.24) is 4.31 Å². The van der Waals surface area contributed by atoms with Crippen LogP contribution in [0, 0.1) is 6.92 Å². The monoisotopic (exact) mass is 451 g/mol. The molecule has 0 fully saturated rings. The molecule has 1 aliphatic rings. The fourth-order valence-electron chi connectivity index (χ4n) is 4.44. The van der Waals surface area contributed by atoms with Crippen molar-refractivity contribution in [2.75, 3.05) is 30.3 Å². The van der Waals surface area contributed by atoms with Crippen molar-refractivity contribution < 1.29 is 13.2 Å². The highest BCUT2D eigenvalue weighted by atomic mass is 32.2. The van der Waals surface area contributed by atoms with Gasteiger partial charge in [0.2, 0.25) is 15.9 Å². The molecule has 32 heavy (non-hydrogen) atoms. The summed E-state index contributed by atoms with van der Waals surface area (Å²) in [6.45, 7) is 6.27. The summed E-state index contributed by atoms with van der Waals surface area (Å²) in [7, 11) is -3.61. The highest BCUT2D eigenvalue weighted by Crippen LogP contribution is 2.35. The van der Waals surface area contributed by atoms with Gasteiger partial charge in [-0.15, -0.1) is 0 Å². The van der Waals surface area contributed by atoms with E-state index >= 15 is 0 Å². The van der Waals surface area contributed by atoms with E-state index in [1.165, 1.54) is 20.8 Å². The van der Waals surface area contributed by atoms with Crippen molar-refractivity contribution in [3.8, 4) is 0 Å². The minimum Gasteiger partial charge on any atom is -0.376 e. The highest BCUT2D eigenvalue weighted by molar-refractivity contribution is 7.89. The molecule has 0 saturated heterocycles. The molecule has 0 aliphatic heterocycles. The van der Waals surface area contributed by atoms with Crippen molar-refractivity contribution in [3.05, 3.63) is 65.2 Å². The van der Waals surface area contributed by atoms with Gasteiger partial charge in [0, 0.05) is 29.9 Å². The highest BCUT2D eigenvalue weighted by Gasteiger charge is 2.24. The van der Waals surface area contributed by atoms with Gasteiger partial charge < -0.3 is 10.6 Å². The van der Waals surface area contributed by atoms with E-state index < -0.39 is 10.0 Å². The summed E-state index contributed by atoms with van der Waals surface area (Å²) in [4.78, 5) is 12.8. The molecule has 1 amide bonds. The van der Waals surface area contributed by atoms with Crippen LogP contribution in [0.5, 0.6) is 0 Å². The van der Waals surface area contributed by atoms with Crippen molar-refractivity contribution in [2.45, 2.75) is 38.5 Å². The molecule has 0 radical (unpaired) electrons. The molecular formula is C25H29N3O3S. The lowest BCUT2D eigenvalue weighted by Crippen LogP contribution is -2.31. The van der Waals surface area contributed by atoms with Crippen LogP contribution in [0.25, 0.3) is 10.8 Å². The number of amides is 1. The second-order valence-corrected chi connectivity index (χ2v) is 9.99. The second-order valence-electron chi connectivity index (χ2n) is 8.08. The normalized spacial score (nSPS) is 13.0. The van der Waals surface area contributed by atoms with Crippen LogP contribution in [0.1, 0.15) is 30.5 Å². The Morgan fingerprint density at radius 3 is 2.44 bits per heavy atom. The number of nitrogens with zero attached hydrogens (tertiary/aromatic N) is 1. The van der Waals surface area contributed by atoms with E-state index in [2.05, 4.69) is 34.9 Å². The summed E-state index contributed by atoms with van der Waals surface area (Å²) < 4.78 is 27.3. The molecule has 6 nitrogen and oxygen atoms in total. The van der Waals surface area contributed by atoms with Gasteiger partial charge in [0.15, 0.2) is 0 Å². The van der Waals surface area contributed by atoms with Crippen LogP contribution >= 0.6 is 0 Å². The van der Waals surface area contributed by atoms with Gasteiger partial charge in [-0.3, -0.25) is 4.79 Å². The number of aryl methyl sites for hydroxylation is 3. The van der Waals surface area contributed by atoms with Gasteiger partial charge in [0.25, 0.3) is 0 Å². The first-order valence-electron chi connectivity index (χ1n) is 11.0. The number of benzene rings is 3. The lowest BCUT2D eigenvalue weighted by molar-refractivity contribution is -0.114. The molecule has 1 aliphatic carbocycles. The largest absolute Gasteiger partial charge is 0.376 e. The van der Waals surface area contributed by atoms with Crippen LogP contribution < -0.4 is 10.6 Å². The fraction of sp³-hybridized carbons (Fsp3) is 0.320. The first-order chi connectivity index (χ1) is 15.3. The summed E-state index contributed by atoms with van der Waals surface area (Å²) >= 11 is 0. The zero-order valence-electron chi connectivity index (χ0n) is 18.7. The lowest BCUT2D eigenvalue weighted by atomic mass is 10.0. The van der Waals surface area contributed by atoms with E-state index in [4.69, 9.17) is 0 Å². The Hall–Kier alpha value is -2.90. The molecule has 4 rings (SSSR count). The minimum absolute atomic E-state index is 0.0880. The molecule has 0 aromatic heterocycles. The number of sulfonamides is 1. The maximum atomic E-state index is 12.9. The van der Waals surface area contributed by atoms with Gasteiger partial charge in [-0.05, 0) is 60.0 Å². The Balaban J connectivity index is 1.50. The minimum atomic E-state index is -3.61. The number of carbonyl (C=O) groups is 1. The maximum Gasteiger partial charge on any atom is 0.243 e. The topological polar surface area (TPSA) is 78.5 Å². The van der Waals surface area contributed by atoms with Crippen LogP contribution in [-0.2, 0) is 27.7 Å². The quantitative estimate of drug-likeness (QED) is 0.534. The van der Waals surface area contributed by atoms with Crippen LogP contribution in [0.3, 0.4) is 0 Å². The van der Waals surface area contributed by atoms with Gasteiger partial charge >= 0.3 is 0 Å². The van der Waals surface area contributed by atoms with Crippen LogP contribution in [0.4, 0.5) is 11.4 Å². The third kappa shape index (κ3) is 4.10. The molecule has 168 valence electrons. The average Bonchev–Trinajstić information content (AvgIpc) is 3.20. The zero-order valence-corrected chi connectivity index (χ0v) is 19.6. The second kappa shape index (κ2) is 8.92. The summed E-state index contributed by atoms with van der Waals surface area (Å²) in [5.41, 5.74) is 4.75. The number of hydrogen-bond acceptors (Lipinski definition) is 4. The molecule has 2 N–H and O–H groups in total. The van der Waals surface area contributed by atoms with Gasteiger partial charge in [0.05, 0.1) is 11.4 Å². The van der Waals surface area contributed by atoms with E-state index in [1.807, 2.05) is 19.9 Å². The first-order valence-corrected chi connectivity index (χ1v) is 12.5. The van der Waals surface area contributed by atoms with Crippen LogP contribution in [0.2, 0.25) is 0 Å². The summed E-state index contributed by atoms with van der Waals surface area (Å²) in [6, 6.07) is 15.5. The van der Waals surface area contributed by atoms with Crippen molar-refractivity contribution in [1.29, 1.82) is 0 Å². The molecule has 7 heteroatoms. The summed E-state index contributed by atoms with van der Waals surface area (Å²) in [5, 5.41) is 8.50. The van der Waals surface area contributed by atoms with Crippen molar-refractivity contribution >= 4 is 38.1 Å². The zero-order chi connectivity index (χ0) is 22.9. The van der Waals surface area contributed by atoms with Gasteiger partial charge in [-0.1, -0.05) is 44.2 Å². The van der Waals surface area contributed by atoms with Crippen molar-refractivity contribution in [2.24, 2.45) is 0 Å². The van der Waals surface area contributed by atoms with E-state index in [9.17, 15) is 13.2 Å². The maximum absolute atomic E-state index is 12.9. The summed E-state index contributed by atoms with van der Waals surface area (Å²) in [6.07, 6.45) is 2.12. The van der Waals surface area contributed by atoms with Crippen LogP contribution in [-0.4, -0.2) is 38.3 Å². The predicted octanol–water partition coefficient (Wildman–Crippen LogP) is 4.33. The standard InChI is InChI=1S/C25H29N3O3S/c1-4-28(5-2)32(30,31)23-15-20(13-9-17(23)3)27-24(29)16-26-22-14-12-19-11-10-18-7-6-8-21(22)25(18)19/h6-9,12-15,26H,4-5,10-11,16H2,1-3H3,(H,27,29). The molecule has 0 saturated carbocycles. The Morgan fingerprint density at radius 2 is 1.72 bits per heavy atom. The Morgan fingerprint density at radius 1 is 1.00 bits per heavy atom. The first kappa shape index (κ1) is 22.3. The molecule has 0 unspecified atom stereocenters. The Bertz CT molecular complexity index is 1270. The van der Waals surface area contributed by atoms with E-state index in [1.54, 1.807) is 25.1 Å². The smallest absolute Gasteiger partial charge is 0.243 e. The molecule has 0 bridgehead atoms. The summed E-state index contributed by atoms with van der Waals surface area (Å²) in [5.74, 6) is -0.233. The molecule has 0 heterocycles. The van der Waals surface area contributed by atoms with Gasteiger partial charge in [-0.2, -0.15) is 4.31 Å². The van der Waals surface area contributed by atoms with Crippen LogP contribution in [0.15, 0.2) is 53.4 Å². The average molecular weight is 452 g/mol. The molecule has 0 spiro atoms. The van der Waals surface area contributed by atoms with Gasteiger partial charge in [-0.25, -0.2) is 8.42 Å². The van der Waals surface area contributed by atoms with Gasteiger partial charge in [0.1, 0.15) is 0 Å². The predicted molar refractivity (Wildman–Crippen MR) is 130 cm³/mol. The van der Waals surface area contributed by atoms with Crippen molar-refractivity contribution in [3.63, 3.8) is 0 Å². The lowest BCUT2D eigenvalue weighted by Gasteiger charge is -2.20. The number of hydrogen-bond donors (Lipinski definition) is 2. The fourth-order valence-corrected chi connectivity index (χ4v) is 6.15. The number of anilines is 2. The molecule has 3 aromatic carbocycles. The molecule has 3 aromatic rings. The third-order valence-electron chi connectivity index (χ3n) is 6.11. The SMILES string of the molecule is CCN(CC)S(=O)(=O)c1cc(NC(=O)CNc2ccc3c4c(cccc24)CC3)ccc1C. The third-order valence-corrected chi connectivity index (χ3v) is 8.30. The molecular weight excluding hydrogens is 422 g/mol. The Kier molecular flexibility index (Phi) is 6.22.